The number of carbonyl (C=O) groups is 1. The van der Waals surface area contributed by atoms with Gasteiger partial charge in [0.05, 0.1) is 31.6 Å². The lowest BCUT2D eigenvalue weighted by Gasteiger charge is -2.26. The number of nitrogens with zero attached hydrogens (tertiary/aromatic N) is 3. The van der Waals surface area contributed by atoms with Gasteiger partial charge in [0.25, 0.3) is 0 Å². The SMILES string of the molecule is CCn1nccc1[C@@H]1CCCN1C(=O)Nc1ccc(OC)cc1OC. The number of hydrogen-bond donors (Lipinski definition) is 1. The van der Waals surface area contributed by atoms with Crippen LogP contribution in [0.15, 0.2) is 30.5 Å². The molecular weight excluding hydrogens is 320 g/mol. The number of ether oxygens (including phenoxy) is 2. The van der Waals surface area contributed by atoms with E-state index in [-0.39, 0.29) is 12.1 Å². The molecule has 3 rings (SSSR count). The van der Waals surface area contributed by atoms with Crippen LogP contribution >= 0.6 is 0 Å². The number of amides is 2. The number of anilines is 1. The van der Waals surface area contributed by atoms with Gasteiger partial charge < -0.3 is 19.7 Å². The van der Waals surface area contributed by atoms with Gasteiger partial charge in [0.15, 0.2) is 0 Å². The topological polar surface area (TPSA) is 68.6 Å². The summed E-state index contributed by atoms with van der Waals surface area (Å²) in [6.45, 7) is 3.57. The summed E-state index contributed by atoms with van der Waals surface area (Å²) in [5.74, 6) is 1.25. The molecule has 2 amide bonds. The normalized spacial score (nSPS) is 16.8. The summed E-state index contributed by atoms with van der Waals surface area (Å²) in [7, 11) is 3.17. The number of urea groups is 1. The molecule has 134 valence electrons. The number of aromatic nitrogens is 2. The van der Waals surface area contributed by atoms with Crippen molar-refractivity contribution >= 4 is 11.7 Å². The molecule has 25 heavy (non-hydrogen) atoms. The smallest absolute Gasteiger partial charge is 0.322 e. The van der Waals surface area contributed by atoms with Crippen molar-refractivity contribution in [2.45, 2.75) is 32.4 Å². The van der Waals surface area contributed by atoms with E-state index in [2.05, 4.69) is 17.3 Å². The van der Waals surface area contributed by atoms with Crippen molar-refractivity contribution < 1.29 is 14.3 Å². The molecule has 2 heterocycles. The van der Waals surface area contributed by atoms with E-state index >= 15 is 0 Å². The van der Waals surface area contributed by atoms with Gasteiger partial charge in [-0.15, -0.1) is 0 Å². The molecule has 1 aliphatic rings. The molecule has 7 nitrogen and oxygen atoms in total. The first-order chi connectivity index (χ1) is 12.2. The lowest BCUT2D eigenvalue weighted by molar-refractivity contribution is 0.204. The largest absolute Gasteiger partial charge is 0.497 e. The van der Waals surface area contributed by atoms with E-state index < -0.39 is 0 Å². The molecule has 1 saturated heterocycles. The number of likely N-dealkylation sites (tertiary alicyclic amines) is 1. The third-order valence-corrected chi connectivity index (χ3v) is 4.55. The molecule has 7 heteroatoms. The maximum atomic E-state index is 12.8. The third-order valence-electron chi connectivity index (χ3n) is 4.55. The van der Waals surface area contributed by atoms with Crippen molar-refractivity contribution in [1.29, 1.82) is 0 Å². The summed E-state index contributed by atoms with van der Waals surface area (Å²) < 4.78 is 12.5. The maximum Gasteiger partial charge on any atom is 0.322 e. The molecule has 0 aliphatic carbocycles. The Morgan fingerprint density at radius 2 is 2.16 bits per heavy atom. The highest BCUT2D eigenvalue weighted by molar-refractivity contribution is 5.91. The molecule has 1 N–H and O–H groups in total. The quantitative estimate of drug-likeness (QED) is 0.904. The molecule has 1 fully saturated rings. The lowest BCUT2D eigenvalue weighted by atomic mass is 10.1. The molecule has 1 aromatic heterocycles. The van der Waals surface area contributed by atoms with Crippen LogP contribution < -0.4 is 14.8 Å². The molecule has 0 bridgehead atoms. The molecule has 2 aromatic rings. The zero-order chi connectivity index (χ0) is 17.8. The summed E-state index contributed by atoms with van der Waals surface area (Å²) in [5, 5.41) is 7.29. The zero-order valence-electron chi connectivity index (χ0n) is 14.9. The van der Waals surface area contributed by atoms with Crippen molar-refractivity contribution in [1.82, 2.24) is 14.7 Å². The Balaban J connectivity index is 1.79. The van der Waals surface area contributed by atoms with Crippen molar-refractivity contribution in [3.05, 3.63) is 36.2 Å². The minimum Gasteiger partial charge on any atom is -0.497 e. The van der Waals surface area contributed by atoms with Crippen LogP contribution in [0.4, 0.5) is 10.5 Å². The molecule has 0 unspecified atom stereocenters. The van der Waals surface area contributed by atoms with Gasteiger partial charge in [0, 0.05) is 25.4 Å². The second-order valence-corrected chi connectivity index (χ2v) is 5.92. The van der Waals surface area contributed by atoms with Crippen LogP contribution in [-0.2, 0) is 6.54 Å². The van der Waals surface area contributed by atoms with E-state index in [1.165, 1.54) is 0 Å². The predicted octanol–water partition coefficient (Wildman–Crippen LogP) is 3.29. The number of aryl methyl sites for hydroxylation is 1. The first-order valence-corrected chi connectivity index (χ1v) is 8.49. The number of nitrogens with one attached hydrogen (secondary N) is 1. The fourth-order valence-electron chi connectivity index (χ4n) is 3.30. The second-order valence-electron chi connectivity index (χ2n) is 5.92. The molecule has 1 aromatic carbocycles. The Morgan fingerprint density at radius 1 is 1.32 bits per heavy atom. The summed E-state index contributed by atoms with van der Waals surface area (Å²) in [5.41, 5.74) is 1.71. The predicted molar refractivity (Wildman–Crippen MR) is 95.1 cm³/mol. The van der Waals surface area contributed by atoms with Crippen LogP contribution in [0.3, 0.4) is 0 Å². The number of methoxy groups -OCH3 is 2. The van der Waals surface area contributed by atoms with Crippen molar-refractivity contribution in [3.8, 4) is 11.5 Å². The van der Waals surface area contributed by atoms with E-state index in [0.717, 1.165) is 31.6 Å². The van der Waals surface area contributed by atoms with Gasteiger partial charge in [-0.3, -0.25) is 4.68 Å². The van der Waals surface area contributed by atoms with Gasteiger partial charge in [-0.2, -0.15) is 5.10 Å². The van der Waals surface area contributed by atoms with Gasteiger partial charge >= 0.3 is 6.03 Å². The Bertz CT molecular complexity index is 744. The number of benzene rings is 1. The van der Waals surface area contributed by atoms with E-state index in [0.29, 0.717) is 17.2 Å². The number of carbonyl (C=O) groups excluding carboxylic acids is 1. The van der Waals surface area contributed by atoms with Gasteiger partial charge in [-0.1, -0.05) is 0 Å². The first kappa shape index (κ1) is 17.1. The van der Waals surface area contributed by atoms with E-state index in [1.54, 1.807) is 38.6 Å². The van der Waals surface area contributed by atoms with Crippen molar-refractivity contribution in [2.75, 3.05) is 26.1 Å². The third kappa shape index (κ3) is 3.40. The molecule has 0 saturated carbocycles. The minimum absolute atomic E-state index is 0.0479. The minimum atomic E-state index is -0.130. The van der Waals surface area contributed by atoms with E-state index in [4.69, 9.17) is 9.47 Å². The molecular formula is C18H24N4O3. The average Bonchev–Trinajstić information content (AvgIpc) is 3.30. The monoisotopic (exact) mass is 344 g/mol. The fourth-order valence-corrected chi connectivity index (χ4v) is 3.30. The first-order valence-electron chi connectivity index (χ1n) is 8.49. The van der Waals surface area contributed by atoms with Crippen molar-refractivity contribution in [3.63, 3.8) is 0 Å². The van der Waals surface area contributed by atoms with Crippen LogP contribution in [0, 0.1) is 0 Å². The maximum absolute atomic E-state index is 12.8. The summed E-state index contributed by atoms with van der Waals surface area (Å²) in [6, 6.07) is 7.25. The van der Waals surface area contributed by atoms with Crippen LogP contribution in [0.2, 0.25) is 0 Å². The number of hydrogen-bond acceptors (Lipinski definition) is 4. The van der Waals surface area contributed by atoms with E-state index in [9.17, 15) is 4.79 Å². The van der Waals surface area contributed by atoms with Crippen LogP contribution in [0.5, 0.6) is 11.5 Å². The van der Waals surface area contributed by atoms with Gasteiger partial charge in [-0.05, 0) is 38.0 Å². The van der Waals surface area contributed by atoms with Crippen LogP contribution in [0.25, 0.3) is 0 Å². The Labute approximate surface area is 147 Å². The Hall–Kier alpha value is -2.70. The molecule has 1 aliphatic heterocycles. The number of rotatable bonds is 5. The summed E-state index contributed by atoms with van der Waals surface area (Å²) in [4.78, 5) is 14.7. The second kappa shape index (κ2) is 7.46. The van der Waals surface area contributed by atoms with Crippen LogP contribution in [0.1, 0.15) is 31.5 Å². The highest BCUT2D eigenvalue weighted by atomic mass is 16.5. The van der Waals surface area contributed by atoms with Gasteiger partial charge in [0.2, 0.25) is 0 Å². The molecule has 0 radical (unpaired) electrons. The highest BCUT2D eigenvalue weighted by Crippen LogP contribution is 2.34. The summed E-state index contributed by atoms with van der Waals surface area (Å²) >= 11 is 0. The Morgan fingerprint density at radius 3 is 2.88 bits per heavy atom. The van der Waals surface area contributed by atoms with Gasteiger partial charge in [-0.25, -0.2) is 4.79 Å². The average molecular weight is 344 g/mol. The molecule has 0 spiro atoms. The highest BCUT2D eigenvalue weighted by Gasteiger charge is 2.32. The molecule has 1 atom stereocenters. The van der Waals surface area contributed by atoms with Gasteiger partial charge in [0.1, 0.15) is 11.5 Å². The van der Waals surface area contributed by atoms with Crippen molar-refractivity contribution in [2.24, 2.45) is 0 Å². The Kier molecular flexibility index (Phi) is 5.11. The van der Waals surface area contributed by atoms with E-state index in [1.807, 2.05) is 15.6 Å². The standard InChI is InChI=1S/C18H24N4O3/c1-4-22-16(9-10-19-22)15-6-5-11-21(15)18(23)20-14-8-7-13(24-2)12-17(14)25-3/h7-10,12,15H,4-6,11H2,1-3H3,(H,20,23)/t15-/m0/s1. The zero-order valence-corrected chi connectivity index (χ0v) is 14.9. The lowest BCUT2D eigenvalue weighted by Crippen LogP contribution is -2.35. The fraction of sp³-hybridized carbons (Fsp3) is 0.444. The summed E-state index contributed by atoms with van der Waals surface area (Å²) in [6.07, 6.45) is 3.71. The van der Waals surface area contributed by atoms with Crippen LogP contribution in [-0.4, -0.2) is 41.5 Å².